The minimum absolute atomic E-state index is 1.12. The van der Waals surface area contributed by atoms with Gasteiger partial charge in [0.1, 0.15) is 0 Å². The van der Waals surface area contributed by atoms with Crippen LogP contribution in [0.2, 0.25) is 0 Å². The van der Waals surface area contributed by atoms with Gasteiger partial charge in [0.15, 0.2) is 0 Å². The summed E-state index contributed by atoms with van der Waals surface area (Å²) in [5.74, 6) is 0. The highest BCUT2D eigenvalue weighted by atomic mass is 14.2. The summed E-state index contributed by atoms with van der Waals surface area (Å²) in [5.41, 5.74) is 6.18. The monoisotopic (exact) mass is 234 g/mol. The topological polar surface area (TPSA) is 0 Å². The van der Waals surface area contributed by atoms with E-state index in [9.17, 15) is 0 Å². The van der Waals surface area contributed by atoms with Crippen molar-refractivity contribution >= 4 is 0 Å². The van der Waals surface area contributed by atoms with Crippen molar-refractivity contribution in [2.24, 2.45) is 0 Å². The predicted molar refractivity (Wildman–Crippen MR) is 76.6 cm³/mol. The molecule has 90 valence electrons. The molecule has 0 N–H and O–H groups in total. The van der Waals surface area contributed by atoms with Crippen molar-refractivity contribution in [1.29, 1.82) is 0 Å². The van der Waals surface area contributed by atoms with Crippen LogP contribution in [-0.4, -0.2) is 0 Å². The Balaban J connectivity index is 1.77. The normalized spacial score (nSPS) is 13.4. The van der Waals surface area contributed by atoms with Crippen LogP contribution in [0.25, 0.3) is 0 Å². The van der Waals surface area contributed by atoms with Crippen LogP contribution in [0.1, 0.15) is 24.0 Å². The summed E-state index contributed by atoms with van der Waals surface area (Å²) in [6, 6.07) is 21.6. The molecule has 2 aromatic carbocycles. The van der Waals surface area contributed by atoms with Crippen LogP contribution in [0.5, 0.6) is 0 Å². The van der Waals surface area contributed by atoms with E-state index < -0.39 is 0 Å². The number of rotatable bonds is 4. The summed E-state index contributed by atoms with van der Waals surface area (Å²) < 4.78 is 0. The molecule has 0 unspecified atom stereocenters. The summed E-state index contributed by atoms with van der Waals surface area (Å²) in [6.45, 7) is 0. The third kappa shape index (κ3) is 2.89. The molecule has 0 aromatic heterocycles. The fraction of sp³-hybridized carbons (Fsp3) is 0.222. The fourth-order valence-corrected chi connectivity index (χ4v) is 2.41. The van der Waals surface area contributed by atoms with Crippen LogP contribution in [-0.2, 0) is 12.8 Å². The smallest absolute Gasteiger partial charge is 0.00611 e. The van der Waals surface area contributed by atoms with E-state index in [2.05, 4.69) is 60.7 Å². The third-order valence-corrected chi connectivity index (χ3v) is 3.52. The maximum absolute atomic E-state index is 2.23. The molecule has 3 rings (SSSR count). The number of benzene rings is 2. The largest absolute Gasteiger partial charge is 0.0697 e. The van der Waals surface area contributed by atoms with Crippen LogP contribution >= 0.6 is 0 Å². The first-order valence-corrected chi connectivity index (χ1v) is 6.69. The lowest BCUT2D eigenvalue weighted by Crippen LogP contribution is -1.95. The molecule has 0 spiro atoms. The van der Waals surface area contributed by atoms with Crippen molar-refractivity contribution in [3.05, 3.63) is 82.9 Å². The zero-order chi connectivity index (χ0) is 12.2. The highest BCUT2D eigenvalue weighted by molar-refractivity contribution is 5.34. The van der Waals surface area contributed by atoms with E-state index in [1.54, 1.807) is 11.1 Å². The molecular formula is C18H18. The molecular weight excluding hydrogens is 216 g/mol. The minimum atomic E-state index is 1.12. The zero-order valence-electron chi connectivity index (χ0n) is 10.6. The van der Waals surface area contributed by atoms with Crippen molar-refractivity contribution in [3.63, 3.8) is 0 Å². The van der Waals surface area contributed by atoms with Gasteiger partial charge < -0.3 is 0 Å². The Labute approximate surface area is 109 Å². The molecule has 0 amide bonds. The van der Waals surface area contributed by atoms with Crippen LogP contribution in [0.3, 0.4) is 0 Å². The van der Waals surface area contributed by atoms with E-state index in [0.29, 0.717) is 0 Å². The molecule has 0 bridgehead atoms. The van der Waals surface area contributed by atoms with E-state index in [0.717, 1.165) is 12.8 Å². The van der Waals surface area contributed by atoms with Crippen LogP contribution < -0.4 is 0 Å². The first-order valence-electron chi connectivity index (χ1n) is 6.69. The van der Waals surface area contributed by atoms with Crippen molar-refractivity contribution < 1.29 is 0 Å². The average Bonchev–Trinajstić information content (AvgIpc) is 3.25. The van der Waals surface area contributed by atoms with Crippen molar-refractivity contribution in [2.45, 2.75) is 25.7 Å². The summed E-state index contributed by atoms with van der Waals surface area (Å²) in [5, 5.41) is 0. The van der Waals surface area contributed by atoms with Gasteiger partial charge in [-0.15, -0.1) is 0 Å². The maximum atomic E-state index is 2.23. The highest BCUT2D eigenvalue weighted by Gasteiger charge is 2.17. The first kappa shape index (κ1) is 11.3. The number of hydrogen-bond donors (Lipinski definition) is 0. The molecule has 18 heavy (non-hydrogen) atoms. The number of allylic oxidation sites excluding steroid dienone is 2. The zero-order valence-corrected chi connectivity index (χ0v) is 10.6. The van der Waals surface area contributed by atoms with Crippen molar-refractivity contribution in [2.75, 3.05) is 0 Å². The van der Waals surface area contributed by atoms with Gasteiger partial charge in [0.05, 0.1) is 0 Å². The molecule has 0 radical (unpaired) electrons. The van der Waals surface area contributed by atoms with Gasteiger partial charge in [-0.3, -0.25) is 0 Å². The van der Waals surface area contributed by atoms with Crippen LogP contribution in [0.4, 0.5) is 0 Å². The minimum Gasteiger partial charge on any atom is -0.0697 e. The van der Waals surface area contributed by atoms with Gasteiger partial charge in [-0.2, -0.15) is 0 Å². The second-order valence-electron chi connectivity index (χ2n) is 5.03. The maximum Gasteiger partial charge on any atom is -0.00611 e. The Morgan fingerprint density at radius 1 is 0.667 bits per heavy atom. The molecule has 1 saturated carbocycles. The molecule has 1 fully saturated rings. The van der Waals surface area contributed by atoms with E-state index >= 15 is 0 Å². The third-order valence-electron chi connectivity index (χ3n) is 3.52. The molecule has 0 heteroatoms. The van der Waals surface area contributed by atoms with Gasteiger partial charge >= 0.3 is 0 Å². The Morgan fingerprint density at radius 2 is 1.11 bits per heavy atom. The fourth-order valence-electron chi connectivity index (χ4n) is 2.41. The molecule has 1 aliphatic rings. The summed E-state index contributed by atoms with van der Waals surface area (Å²) in [6.07, 6.45) is 4.86. The Kier molecular flexibility index (Phi) is 3.27. The highest BCUT2D eigenvalue weighted by Crippen LogP contribution is 2.34. The Bertz CT molecular complexity index is 485. The summed E-state index contributed by atoms with van der Waals surface area (Å²) in [7, 11) is 0. The summed E-state index contributed by atoms with van der Waals surface area (Å²) >= 11 is 0. The van der Waals surface area contributed by atoms with Gasteiger partial charge in [0.2, 0.25) is 0 Å². The molecule has 0 atom stereocenters. The van der Waals surface area contributed by atoms with Crippen LogP contribution in [0.15, 0.2) is 71.8 Å². The van der Waals surface area contributed by atoms with E-state index in [1.165, 1.54) is 24.0 Å². The van der Waals surface area contributed by atoms with Crippen LogP contribution in [0, 0.1) is 0 Å². The lowest BCUT2D eigenvalue weighted by atomic mass is 9.97. The molecule has 0 heterocycles. The summed E-state index contributed by atoms with van der Waals surface area (Å²) in [4.78, 5) is 0. The SMILES string of the molecule is c1ccc(CC(Cc2ccccc2)=C2CC2)cc1. The van der Waals surface area contributed by atoms with E-state index in [4.69, 9.17) is 0 Å². The number of hydrogen-bond acceptors (Lipinski definition) is 0. The van der Waals surface area contributed by atoms with E-state index in [1.807, 2.05) is 0 Å². The van der Waals surface area contributed by atoms with E-state index in [-0.39, 0.29) is 0 Å². The molecule has 0 aliphatic heterocycles. The Morgan fingerprint density at radius 3 is 1.50 bits per heavy atom. The van der Waals surface area contributed by atoms with Gasteiger partial charge in [0.25, 0.3) is 0 Å². The Hall–Kier alpha value is -1.82. The lowest BCUT2D eigenvalue weighted by Gasteiger charge is -2.08. The quantitative estimate of drug-likeness (QED) is 0.680. The average molecular weight is 234 g/mol. The molecule has 1 aliphatic carbocycles. The standard InChI is InChI=1S/C18H18/c1-3-7-15(8-4-1)13-18(17-11-12-17)14-16-9-5-2-6-10-16/h1-10H,11-14H2. The van der Waals surface area contributed by atoms with Crippen molar-refractivity contribution in [1.82, 2.24) is 0 Å². The molecule has 2 aromatic rings. The van der Waals surface area contributed by atoms with Gasteiger partial charge in [-0.1, -0.05) is 71.8 Å². The van der Waals surface area contributed by atoms with Crippen molar-refractivity contribution in [3.8, 4) is 0 Å². The van der Waals surface area contributed by atoms with Gasteiger partial charge in [-0.25, -0.2) is 0 Å². The predicted octanol–water partition coefficient (Wildman–Crippen LogP) is 4.56. The van der Waals surface area contributed by atoms with Gasteiger partial charge in [-0.05, 0) is 36.8 Å². The van der Waals surface area contributed by atoms with Gasteiger partial charge in [0, 0.05) is 0 Å². The lowest BCUT2D eigenvalue weighted by molar-refractivity contribution is 1.02. The molecule has 0 saturated heterocycles. The first-order chi connectivity index (χ1) is 8.92. The second kappa shape index (κ2) is 5.22. The molecule has 0 nitrogen and oxygen atoms in total. The second-order valence-corrected chi connectivity index (χ2v) is 5.03.